The van der Waals surface area contributed by atoms with Gasteiger partial charge in [-0.2, -0.15) is 0 Å². The number of rotatable bonds is 4. The van der Waals surface area contributed by atoms with E-state index in [0.29, 0.717) is 11.8 Å². The molecule has 16 heavy (non-hydrogen) atoms. The predicted molar refractivity (Wildman–Crippen MR) is 58.2 cm³/mol. The highest BCUT2D eigenvalue weighted by Gasteiger charge is 2.21. The molecule has 2 N–H and O–H groups in total. The van der Waals surface area contributed by atoms with E-state index in [-0.39, 0.29) is 17.2 Å². The Hall–Kier alpha value is -1.30. The zero-order valence-electron chi connectivity index (χ0n) is 8.57. The summed E-state index contributed by atoms with van der Waals surface area (Å²) in [6.07, 6.45) is 0. The molecule has 0 saturated carbocycles. The highest BCUT2D eigenvalue weighted by Crippen LogP contribution is 2.30. The Morgan fingerprint density at radius 3 is 2.94 bits per heavy atom. The molecule has 1 aromatic rings. The number of anilines is 1. The predicted octanol–water partition coefficient (Wildman–Crippen LogP) is 2.36. The topological polar surface area (TPSA) is 52.3 Å². The molecule has 1 aromatic carbocycles. The van der Waals surface area contributed by atoms with Gasteiger partial charge in [-0.05, 0) is 25.1 Å². The fraction of sp³-hybridized carbons (Fsp3) is 0.300. The van der Waals surface area contributed by atoms with Gasteiger partial charge in [0.15, 0.2) is 0 Å². The minimum atomic E-state index is -1.90. The molecule has 0 spiro atoms. The number of hydrogen-bond donors (Lipinski definition) is 1. The van der Waals surface area contributed by atoms with Gasteiger partial charge < -0.3 is 10.5 Å². The van der Waals surface area contributed by atoms with Gasteiger partial charge in [0.25, 0.3) is 0 Å². The summed E-state index contributed by atoms with van der Waals surface area (Å²) < 4.78 is 30.6. The van der Waals surface area contributed by atoms with E-state index in [2.05, 4.69) is 4.74 Å². The quantitative estimate of drug-likeness (QED) is 0.504. The number of ether oxygens (including phenoxy) is 1. The van der Waals surface area contributed by atoms with E-state index in [9.17, 15) is 13.6 Å². The van der Waals surface area contributed by atoms with Gasteiger partial charge in [0, 0.05) is 10.6 Å². The highest BCUT2D eigenvalue weighted by atomic mass is 32.2. The van der Waals surface area contributed by atoms with Gasteiger partial charge in [-0.1, -0.05) is 11.8 Å². The largest absolute Gasteiger partial charge is 0.463 e. The normalized spacial score (nSPS) is 12.2. The molecular formula is C10H11F2NO2S. The van der Waals surface area contributed by atoms with Crippen LogP contribution in [0.25, 0.3) is 0 Å². The molecule has 1 rings (SSSR count). The summed E-state index contributed by atoms with van der Waals surface area (Å²) in [6.45, 7) is 1.67. The molecule has 0 aromatic heterocycles. The first-order chi connectivity index (χ1) is 7.54. The third-order valence-electron chi connectivity index (χ3n) is 1.68. The molecule has 0 heterocycles. The lowest BCUT2D eigenvalue weighted by Gasteiger charge is -2.09. The molecule has 1 atom stereocenters. The fourth-order valence-corrected chi connectivity index (χ4v) is 1.75. The summed E-state index contributed by atoms with van der Waals surface area (Å²) in [4.78, 5) is 11.2. The number of carbonyl (C=O) groups is 1. The van der Waals surface area contributed by atoms with Gasteiger partial charge in [-0.25, -0.2) is 13.6 Å². The van der Waals surface area contributed by atoms with Crippen LogP contribution in [0.5, 0.6) is 0 Å². The number of hydrogen-bond acceptors (Lipinski definition) is 4. The van der Waals surface area contributed by atoms with E-state index in [1.807, 2.05) is 0 Å². The van der Waals surface area contributed by atoms with Crippen molar-refractivity contribution in [3.8, 4) is 0 Å². The molecule has 0 fully saturated rings. The number of carbonyl (C=O) groups excluding carboxylic acids is 1. The lowest BCUT2D eigenvalue weighted by Crippen LogP contribution is -2.15. The van der Waals surface area contributed by atoms with Crippen LogP contribution in [-0.4, -0.2) is 18.1 Å². The lowest BCUT2D eigenvalue weighted by molar-refractivity contribution is -0.145. The van der Waals surface area contributed by atoms with Crippen LogP contribution in [0.2, 0.25) is 0 Å². The van der Waals surface area contributed by atoms with E-state index in [4.69, 9.17) is 5.73 Å². The standard InChI is InChI=1S/C10H11F2NO2S/c1-2-15-10(14)9(12)16-8-5-6(11)3-4-7(8)13/h3-5,9H,2,13H2,1H3. The Balaban J connectivity index is 2.72. The van der Waals surface area contributed by atoms with Crippen LogP contribution in [0.15, 0.2) is 23.1 Å². The zero-order chi connectivity index (χ0) is 12.1. The van der Waals surface area contributed by atoms with E-state index >= 15 is 0 Å². The monoisotopic (exact) mass is 247 g/mol. The average molecular weight is 247 g/mol. The van der Waals surface area contributed by atoms with Crippen LogP contribution in [0.1, 0.15) is 6.92 Å². The first-order valence-electron chi connectivity index (χ1n) is 4.57. The van der Waals surface area contributed by atoms with E-state index < -0.39 is 17.3 Å². The molecule has 0 bridgehead atoms. The number of halogens is 2. The highest BCUT2D eigenvalue weighted by molar-refractivity contribution is 8.00. The molecule has 0 saturated heterocycles. The van der Waals surface area contributed by atoms with Crippen LogP contribution in [0.4, 0.5) is 14.5 Å². The molecular weight excluding hydrogens is 236 g/mol. The summed E-state index contributed by atoms with van der Waals surface area (Å²) >= 11 is 0.526. The van der Waals surface area contributed by atoms with Crippen molar-refractivity contribution in [2.45, 2.75) is 17.3 Å². The number of benzene rings is 1. The minimum Gasteiger partial charge on any atom is -0.463 e. The fourth-order valence-electron chi connectivity index (χ4n) is 0.978. The number of thioether (sulfide) groups is 1. The molecule has 88 valence electrons. The molecule has 0 amide bonds. The van der Waals surface area contributed by atoms with E-state index in [1.54, 1.807) is 6.92 Å². The van der Waals surface area contributed by atoms with Gasteiger partial charge in [0.05, 0.1) is 6.61 Å². The molecule has 1 unspecified atom stereocenters. The van der Waals surface area contributed by atoms with Crippen molar-refractivity contribution >= 4 is 23.4 Å². The van der Waals surface area contributed by atoms with Gasteiger partial charge in [0.2, 0.25) is 5.50 Å². The van der Waals surface area contributed by atoms with Crippen LogP contribution in [0.3, 0.4) is 0 Å². The van der Waals surface area contributed by atoms with Crippen LogP contribution in [-0.2, 0) is 9.53 Å². The van der Waals surface area contributed by atoms with Crippen LogP contribution >= 0.6 is 11.8 Å². The van der Waals surface area contributed by atoms with Crippen molar-refractivity contribution in [1.82, 2.24) is 0 Å². The van der Waals surface area contributed by atoms with Crippen molar-refractivity contribution < 1.29 is 18.3 Å². The molecule has 0 radical (unpaired) electrons. The minimum absolute atomic E-state index is 0.0957. The Kier molecular flexibility index (Phi) is 4.54. The second-order valence-corrected chi connectivity index (χ2v) is 3.96. The van der Waals surface area contributed by atoms with Gasteiger partial charge in [0.1, 0.15) is 5.82 Å². The van der Waals surface area contributed by atoms with Crippen LogP contribution in [0, 0.1) is 5.82 Å². The van der Waals surface area contributed by atoms with E-state index in [1.165, 1.54) is 6.07 Å². The summed E-state index contributed by atoms with van der Waals surface area (Å²) in [6, 6.07) is 3.55. The second kappa shape index (κ2) is 5.69. The number of alkyl halides is 1. The maximum atomic E-state index is 13.3. The number of nitrogens with two attached hydrogens (primary N) is 1. The summed E-state index contributed by atoms with van der Waals surface area (Å²) in [5, 5.41) is 0. The summed E-state index contributed by atoms with van der Waals surface area (Å²) in [5.74, 6) is -1.52. The lowest BCUT2D eigenvalue weighted by atomic mass is 10.3. The molecule has 6 heteroatoms. The Bertz CT molecular complexity index is 387. The SMILES string of the molecule is CCOC(=O)C(F)Sc1cc(F)ccc1N. The first kappa shape index (κ1) is 12.8. The van der Waals surface area contributed by atoms with Crippen LogP contribution < -0.4 is 5.73 Å². The maximum absolute atomic E-state index is 13.3. The Morgan fingerprint density at radius 2 is 2.31 bits per heavy atom. The molecule has 3 nitrogen and oxygen atoms in total. The third-order valence-corrected chi connectivity index (χ3v) is 2.68. The third kappa shape index (κ3) is 3.37. The Morgan fingerprint density at radius 1 is 1.62 bits per heavy atom. The van der Waals surface area contributed by atoms with Crippen molar-refractivity contribution in [2.75, 3.05) is 12.3 Å². The zero-order valence-corrected chi connectivity index (χ0v) is 9.39. The van der Waals surface area contributed by atoms with Gasteiger partial charge in [-0.3, -0.25) is 0 Å². The average Bonchev–Trinajstić information content (AvgIpc) is 2.23. The maximum Gasteiger partial charge on any atom is 0.351 e. The Labute approximate surface area is 96.0 Å². The summed E-state index contributed by atoms with van der Waals surface area (Å²) in [7, 11) is 0. The summed E-state index contributed by atoms with van der Waals surface area (Å²) in [5.41, 5.74) is 3.83. The van der Waals surface area contributed by atoms with Crippen molar-refractivity contribution in [1.29, 1.82) is 0 Å². The van der Waals surface area contributed by atoms with Gasteiger partial charge in [-0.15, -0.1) is 0 Å². The van der Waals surface area contributed by atoms with Crippen molar-refractivity contribution in [3.63, 3.8) is 0 Å². The second-order valence-electron chi connectivity index (χ2n) is 2.87. The molecule has 0 aliphatic rings. The molecule has 0 aliphatic carbocycles. The smallest absolute Gasteiger partial charge is 0.351 e. The van der Waals surface area contributed by atoms with Crippen molar-refractivity contribution in [3.05, 3.63) is 24.0 Å². The van der Waals surface area contributed by atoms with Gasteiger partial charge >= 0.3 is 5.97 Å². The molecule has 0 aliphatic heterocycles. The van der Waals surface area contributed by atoms with Crippen molar-refractivity contribution in [2.24, 2.45) is 0 Å². The number of nitrogen functional groups attached to an aromatic ring is 1. The number of esters is 1. The first-order valence-corrected chi connectivity index (χ1v) is 5.45. The van der Waals surface area contributed by atoms with E-state index in [0.717, 1.165) is 12.1 Å².